The predicted octanol–water partition coefficient (Wildman–Crippen LogP) is 2.24. The number of hydrogen-bond acceptors (Lipinski definition) is 5. The summed E-state index contributed by atoms with van der Waals surface area (Å²) in [5.74, 6) is -0.632. The van der Waals surface area contributed by atoms with Crippen LogP contribution in [-0.2, 0) is 27.4 Å². The number of esters is 1. The second-order valence-corrected chi connectivity index (χ2v) is 6.19. The summed E-state index contributed by atoms with van der Waals surface area (Å²) in [7, 11) is 0. The summed E-state index contributed by atoms with van der Waals surface area (Å²) in [6.07, 6.45) is 1.97. The van der Waals surface area contributed by atoms with Gasteiger partial charge in [0.05, 0.1) is 19.3 Å². The zero-order chi connectivity index (χ0) is 20.2. The first-order valence-electron chi connectivity index (χ1n) is 9.19. The van der Waals surface area contributed by atoms with Crippen molar-refractivity contribution < 1.29 is 19.4 Å². The largest absolute Gasteiger partial charge is 0.461 e. The summed E-state index contributed by atoms with van der Waals surface area (Å²) in [4.78, 5) is 25.1. The molecular formula is C22H26N2O4. The van der Waals surface area contributed by atoms with E-state index in [1.807, 2.05) is 65.6 Å². The number of ether oxygens (including phenoxy) is 1. The maximum absolute atomic E-state index is 12.1. The van der Waals surface area contributed by atoms with Gasteiger partial charge < -0.3 is 15.2 Å². The van der Waals surface area contributed by atoms with Gasteiger partial charge in [-0.2, -0.15) is 0 Å². The number of nitrogens with one attached hydrogen (secondary N) is 1. The predicted molar refractivity (Wildman–Crippen MR) is 107 cm³/mol. The Morgan fingerprint density at radius 2 is 1.61 bits per heavy atom. The molecular weight excluding hydrogens is 356 g/mol. The Hall–Kier alpha value is -2.96. The molecule has 0 radical (unpaired) electrons. The lowest BCUT2D eigenvalue weighted by atomic mass is 10.1. The average molecular weight is 382 g/mol. The summed E-state index contributed by atoms with van der Waals surface area (Å²) in [6.45, 7) is 2.79. The van der Waals surface area contributed by atoms with Crippen molar-refractivity contribution in [1.29, 1.82) is 0 Å². The van der Waals surface area contributed by atoms with Crippen molar-refractivity contribution in [3.05, 3.63) is 83.6 Å². The van der Waals surface area contributed by atoms with E-state index in [0.29, 0.717) is 19.5 Å². The Kier molecular flexibility index (Phi) is 8.91. The third kappa shape index (κ3) is 6.64. The van der Waals surface area contributed by atoms with Crippen LogP contribution in [0.4, 0.5) is 0 Å². The minimum absolute atomic E-state index is 0.0158. The van der Waals surface area contributed by atoms with Gasteiger partial charge in [0.1, 0.15) is 5.70 Å². The zero-order valence-corrected chi connectivity index (χ0v) is 16.0. The number of benzene rings is 2. The minimum Gasteiger partial charge on any atom is -0.461 e. The lowest BCUT2D eigenvalue weighted by Crippen LogP contribution is -2.37. The van der Waals surface area contributed by atoms with Crippen molar-refractivity contribution in [2.75, 3.05) is 13.2 Å². The average Bonchev–Trinajstić information content (AvgIpc) is 2.72. The smallest absolute Gasteiger partial charge is 0.354 e. The summed E-state index contributed by atoms with van der Waals surface area (Å²) < 4.78 is 4.99. The van der Waals surface area contributed by atoms with Crippen molar-refractivity contribution >= 4 is 12.4 Å². The number of aliphatic hydroxyl groups excluding tert-OH is 1. The molecule has 2 aromatic rings. The maximum Gasteiger partial charge on any atom is 0.354 e. The molecule has 6 heteroatoms. The Bertz CT molecular complexity index is 721. The van der Waals surface area contributed by atoms with Crippen LogP contribution in [0.25, 0.3) is 0 Å². The fourth-order valence-electron chi connectivity index (χ4n) is 2.84. The van der Waals surface area contributed by atoms with E-state index in [0.717, 1.165) is 11.1 Å². The molecule has 0 saturated heterocycles. The van der Waals surface area contributed by atoms with E-state index >= 15 is 0 Å². The summed E-state index contributed by atoms with van der Waals surface area (Å²) in [6, 6.07) is 19.2. The topological polar surface area (TPSA) is 78.9 Å². The maximum atomic E-state index is 12.1. The van der Waals surface area contributed by atoms with Gasteiger partial charge in [-0.1, -0.05) is 60.7 Å². The number of rotatable bonds is 11. The van der Waals surface area contributed by atoms with Gasteiger partial charge in [0.25, 0.3) is 0 Å². The first-order chi connectivity index (χ1) is 13.7. The van der Waals surface area contributed by atoms with Gasteiger partial charge in [-0.05, 0) is 24.1 Å². The molecule has 0 aliphatic rings. The van der Waals surface area contributed by atoms with Crippen LogP contribution in [-0.4, -0.2) is 41.6 Å². The third-order valence-electron chi connectivity index (χ3n) is 4.18. The molecule has 6 nitrogen and oxygen atoms in total. The summed E-state index contributed by atoms with van der Waals surface area (Å²) in [5.41, 5.74) is 2.17. The van der Waals surface area contributed by atoms with E-state index in [2.05, 4.69) is 5.32 Å². The molecule has 28 heavy (non-hydrogen) atoms. The lowest BCUT2D eigenvalue weighted by molar-refractivity contribution is -0.139. The molecule has 0 spiro atoms. The first-order valence-corrected chi connectivity index (χ1v) is 9.19. The van der Waals surface area contributed by atoms with Gasteiger partial charge in [0.15, 0.2) is 0 Å². The van der Waals surface area contributed by atoms with Crippen molar-refractivity contribution in [2.45, 2.75) is 26.1 Å². The molecule has 1 atom stereocenters. The number of nitrogens with zero attached hydrogens (tertiary/aromatic N) is 1. The van der Waals surface area contributed by atoms with E-state index in [9.17, 15) is 14.7 Å². The van der Waals surface area contributed by atoms with Crippen molar-refractivity contribution in [2.24, 2.45) is 0 Å². The first kappa shape index (κ1) is 21.3. The van der Waals surface area contributed by atoms with Crippen molar-refractivity contribution in [3.63, 3.8) is 0 Å². The third-order valence-corrected chi connectivity index (χ3v) is 4.18. The molecule has 2 rings (SSSR count). The lowest BCUT2D eigenvalue weighted by Gasteiger charge is -2.29. The highest BCUT2D eigenvalue weighted by Crippen LogP contribution is 2.15. The van der Waals surface area contributed by atoms with Crippen LogP contribution in [0.5, 0.6) is 0 Å². The fraction of sp³-hybridized carbons (Fsp3) is 0.273. The van der Waals surface area contributed by atoms with Crippen LogP contribution in [0, 0.1) is 0 Å². The SMILES string of the molecule is CCOC(=O)/C(=C/[C@H](CO)N(Cc1ccccc1)Cc1ccccc1)NC=O. The van der Waals surface area contributed by atoms with E-state index in [-0.39, 0.29) is 18.9 Å². The molecule has 148 valence electrons. The molecule has 1 amide bonds. The van der Waals surface area contributed by atoms with Crippen LogP contribution in [0.2, 0.25) is 0 Å². The number of aliphatic hydroxyl groups is 1. The molecule has 0 aliphatic carbocycles. The quantitative estimate of drug-likeness (QED) is 0.354. The molecule has 0 heterocycles. The monoisotopic (exact) mass is 382 g/mol. The van der Waals surface area contributed by atoms with Crippen LogP contribution in [0.1, 0.15) is 18.1 Å². The van der Waals surface area contributed by atoms with E-state index in [1.54, 1.807) is 6.92 Å². The highest BCUT2D eigenvalue weighted by molar-refractivity contribution is 5.90. The minimum atomic E-state index is -0.632. The molecule has 0 saturated carbocycles. The van der Waals surface area contributed by atoms with Crippen LogP contribution in [0.3, 0.4) is 0 Å². The summed E-state index contributed by atoms with van der Waals surface area (Å²) >= 11 is 0. The van der Waals surface area contributed by atoms with Crippen LogP contribution >= 0.6 is 0 Å². The van der Waals surface area contributed by atoms with Gasteiger partial charge in [0, 0.05) is 13.1 Å². The molecule has 0 bridgehead atoms. The Morgan fingerprint density at radius 3 is 2.04 bits per heavy atom. The van der Waals surface area contributed by atoms with Gasteiger partial charge in [-0.3, -0.25) is 9.69 Å². The molecule has 0 unspecified atom stereocenters. The molecule has 0 aliphatic heterocycles. The number of carbonyl (C=O) groups excluding carboxylic acids is 2. The van der Waals surface area contributed by atoms with E-state index < -0.39 is 12.0 Å². The second kappa shape index (κ2) is 11.7. The number of carbonyl (C=O) groups is 2. The van der Waals surface area contributed by atoms with Gasteiger partial charge in [0.2, 0.25) is 6.41 Å². The van der Waals surface area contributed by atoms with Gasteiger partial charge >= 0.3 is 5.97 Å². The normalized spacial score (nSPS) is 12.5. The van der Waals surface area contributed by atoms with E-state index in [1.165, 1.54) is 6.08 Å². The van der Waals surface area contributed by atoms with Crippen LogP contribution in [0.15, 0.2) is 72.4 Å². The fourth-order valence-corrected chi connectivity index (χ4v) is 2.84. The Morgan fingerprint density at radius 1 is 1.07 bits per heavy atom. The zero-order valence-electron chi connectivity index (χ0n) is 16.0. The van der Waals surface area contributed by atoms with Crippen molar-refractivity contribution in [3.8, 4) is 0 Å². The highest BCUT2D eigenvalue weighted by atomic mass is 16.5. The van der Waals surface area contributed by atoms with Gasteiger partial charge in [-0.15, -0.1) is 0 Å². The molecule has 0 fully saturated rings. The molecule has 2 aromatic carbocycles. The van der Waals surface area contributed by atoms with Gasteiger partial charge in [-0.25, -0.2) is 4.79 Å². The van der Waals surface area contributed by atoms with E-state index in [4.69, 9.17) is 4.74 Å². The molecule has 0 aromatic heterocycles. The number of amides is 1. The van der Waals surface area contributed by atoms with Crippen LogP contribution < -0.4 is 5.32 Å². The summed E-state index contributed by atoms with van der Waals surface area (Å²) in [5, 5.41) is 12.4. The molecule has 2 N–H and O–H groups in total. The Labute approximate surface area is 165 Å². The van der Waals surface area contributed by atoms with Crippen molar-refractivity contribution in [1.82, 2.24) is 10.2 Å². The number of hydrogen-bond donors (Lipinski definition) is 2. The Balaban J connectivity index is 2.32. The second-order valence-electron chi connectivity index (χ2n) is 6.19. The highest BCUT2D eigenvalue weighted by Gasteiger charge is 2.20. The standard InChI is InChI=1S/C22H26N2O4/c1-2-28-22(27)21(23-17-26)13-20(16-25)24(14-18-9-5-3-6-10-18)15-19-11-7-4-8-12-19/h3-13,17,20,25H,2,14-16H2,1H3,(H,23,26)/b21-13-/t20-/m1/s1.